The molecule has 0 radical (unpaired) electrons. The molecule has 0 fully saturated rings. The number of aryl methyl sites for hydroxylation is 1. The second-order valence-electron chi connectivity index (χ2n) is 6.66. The van der Waals surface area contributed by atoms with Crippen LogP contribution in [0.3, 0.4) is 0 Å². The minimum atomic E-state index is -3.84. The molecule has 1 heterocycles. The van der Waals surface area contributed by atoms with Crippen LogP contribution in [0.5, 0.6) is 5.75 Å². The number of benzene rings is 2. The zero-order valence-electron chi connectivity index (χ0n) is 16.1. The number of sulfone groups is 1. The quantitative estimate of drug-likeness (QED) is 0.750. The van der Waals surface area contributed by atoms with Gasteiger partial charge in [-0.05, 0) is 37.6 Å². The Bertz CT molecular complexity index is 1070. The molecule has 1 aliphatic heterocycles. The number of anilines is 2. The van der Waals surface area contributed by atoms with Crippen molar-refractivity contribution in [3.63, 3.8) is 0 Å². The molecule has 0 aromatic heterocycles. The highest BCUT2D eigenvalue weighted by atomic mass is 35.5. The van der Waals surface area contributed by atoms with Crippen molar-refractivity contribution in [2.24, 2.45) is 0 Å². The first-order valence-electron chi connectivity index (χ1n) is 9.07. The molecule has 0 saturated carbocycles. The first-order valence-corrected chi connectivity index (χ1v) is 11.1. The normalized spacial score (nSPS) is 13.3. The minimum Gasteiger partial charge on any atom is -0.482 e. The molecule has 154 valence electrons. The summed E-state index contributed by atoms with van der Waals surface area (Å²) in [5, 5.41) is 2.54. The molecule has 2 aromatic carbocycles. The summed E-state index contributed by atoms with van der Waals surface area (Å²) in [6.07, 6.45) is -0.185. The van der Waals surface area contributed by atoms with Gasteiger partial charge in [0.1, 0.15) is 5.75 Å². The van der Waals surface area contributed by atoms with Gasteiger partial charge < -0.3 is 15.0 Å². The predicted octanol–water partition coefficient (Wildman–Crippen LogP) is 3.20. The Labute approximate surface area is 174 Å². The molecule has 0 aliphatic carbocycles. The summed E-state index contributed by atoms with van der Waals surface area (Å²) in [4.78, 5) is 25.5. The third kappa shape index (κ3) is 4.71. The van der Waals surface area contributed by atoms with Gasteiger partial charge in [-0.15, -0.1) is 0 Å². The number of halogens is 1. The summed E-state index contributed by atoms with van der Waals surface area (Å²) in [6.45, 7) is 3.99. The smallest absolute Gasteiger partial charge is 0.262 e. The van der Waals surface area contributed by atoms with Gasteiger partial charge in [0.05, 0.1) is 21.4 Å². The lowest BCUT2D eigenvalue weighted by molar-refractivity contribution is -0.119. The second-order valence-corrected chi connectivity index (χ2v) is 9.15. The van der Waals surface area contributed by atoms with E-state index in [1.165, 1.54) is 12.1 Å². The lowest BCUT2D eigenvalue weighted by atomic mass is 10.2. The number of ether oxygens (including phenoxy) is 1. The van der Waals surface area contributed by atoms with E-state index in [1.54, 1.807) is 4.90 Å². The van der Waals surface area contributed by atoms with Crippen LogP contribution < -0.4 is 15.0 Å². The Kier molecular flexibility index (Phi) is 6.14. The molecule has 7 nitrogen and oxygen atoms in total. The van der Waals surface area contributed by atoms with Gasteiger partial charge in [-0.2, -0.15) is 0 Å². The Hall–Kier alpha value is -2.58. The molecule has 29 heavy (non-hydrogen) atoms. The summed E-state index contributed by atoms with van der Waals surface area (Å²) in [5.41, 5.74) is 2.05. The zero-order valence-corrected chi connectivity index (χ0v) is 17.6. The Balaban J connectivity index is 1.77. The summed E-state index contributed by atoms with van der Waals surface area (Å²) in [5.74, 6) is -0.794. The highest BCUT2D eigenvalue weighted by Gasteiger charge is 2.26. The molecule has 0 unspecified atom stereocenters. The van der Waals surface area contributed by atoms with Crippen LogP contribution in [-0.4, -0.2) is 39.1 Å². The lowest BCUT2D eigenvalue weighted by Crippen LogP contribution is -2.32. The van der Waals surface area contributed by atoms with Crippen molar-refractivity contribution in [2.45, 2.75) is 25.2 Å². The van der Waals surface area contributed by atoms with Crippen molar-refractivity contribution in [1.82, 2.24) is 0 Å². The van der Waals surface area contributed by atoms with Crippen LogP contribution in [0, 0.1) is 6.92 Å². The molecule has 0 atom stereocenters. The second kappa shape index (κ2) is 8.42. The van der Waals surface area contributed by atoms with Crippen LogP contribution in [0.25, 0.3) is 0 Å². The SMILES string of the molecule is CCN(C(=O)CCS(=O)(=O)c1cc2c(cc1Cl)NC(=O)CO2)c1cccc(C)c1. The topological polar surface area (TPSA) is 92.8 Å². The Morgan fingerprint density at radius 1 is 1.28 bits per heavy atom. The molecular formula is C20H21ClN2O5S. The van der Waals surface area contributed by atoms with Crippen molar-refractivity contribution in [3.05, 3.63) is 47.0 Å². The first-order chi connectivity index (χ1) is 13.7. The first kappa shape index (κ1) is 21.1. The summed E-state index contributed by atoms with van der Waals surface area (Å²) >= 11 is 6.13. The van der Waals surface area contributed by atoms with E-state index in [2.05, 4.69) is 5.32 Å². The van der Waals surface area contributed by atoms with E-state index in [1.807, 2.05) is 38.1 Å². The average Bonchev–Trinajstić information content (AvgIpc) is 2.66. The van der Waals surface area contributed by atoms with E-state index < -0.39 is 9.84 Å². The van der Waals surface area contributed by atoms with Gasteiger partial charge in [0.2, 0.25) is 5.91 Å². The number of carbonyl (C=O) groups excluding carboxylic acids is 2. The minimum absolute atomic E-state index is 0.0342. The monoisotopic (exact) mass is 436 g/mol. The fourth-order valence-electron chi connectivity index (χ4n) is 3.09. The number of amides is 2. The van der Waals surface area contributed by atoms with Gasteiger partial charge in [0.25, 0.3) is 5.91 Å². The van der Waals surface area contributed by atoms with Crippen molar-refractivity contribution in [2.75, 3.05) is 29.1 Å². The van der Waals surface area contributed by atoms with Gasteiger partial charge >= 0.3 is 0 Å². The molecule has 2 aromatic rings. The highest BCUT2D eigenvalue weighted by molar-refractivity contribution is 7.91. The van der Waals surface area contributed by atoms with Gasteiger partial charge in [0.15, 0.2) is 16.4 Å². The molecule has 0 spiro atoms. The molecule has 1 aliphatic rings. The van der Waals surface area contributed by atoms with Gasteiger partial charge in [-0.25, -0.2) is 8.42 Å². The van der Waals surface area contributed by atoms with Crippen LogP contribution in [0.15, 0.2) is 41.3 Å². The fraction of sp³-hybridized carbons (Fsp3) is 0.300. The third-order valence-electron chi connectivity index (χ3n) is 4.52. The maximum absolute atomic E-state index is 12.8. The van der Waals surface area contributed by atoms with E-state index >= 15 is 0 Å². The molecule has 3 rings (SSSR count). The van der Waals surface area contributed by atoms with Gasteiger partial charge in [0, 0.05) is 24.7 Å². The molecule has 2 amide bonds. The third-order valence-corrected chi connectivity index (χ3v) is 6.69. The number of rotatable bonds is 6. The van der Waals surface area contributed by atoms with E-state index in [0.29, 0.717) is 12.2 Å². The van der Waals surface area contributed by atoms with Crippen LogP contribution in [0.2, 0.25) is 5.02 Å². The number of carbonyl (C=O) groups is 2. The summed E-state index contributed by atoms with van der Waals surface area (Å²) in [6, 6.07) is 10.1. The van der Waals surface area contributed by atoms with Gasteiger partial charge in [-0.1, -0.05) is 23.7 Å². The average molecular weight is 437 g/mol. The largest absolute Gasteiger partial charge is 0.482 e. The Morgan fingerprint density at radius 2 is 2.03 bits per heavy atom. The maximum Gasteiger partial charge on any atom is 0.262 e. The van der Waals surface area contributed by atoms with Crippen molar-refractivity contribution in [1.29, 1.82) is 0 Å². The van der Waals surface area contributed by atoms with Crippen molar-refractivity contribution in [3.8, 4) is 5.75 Å². The van der Waals surface area contributed by atoms with Crippen molar-refractivity contribution >= 4 is 44.6 Å². The molecule has 1 N–H and O–H groups in total. The van der Waals surface area contributed by atoms with Crippen LogP contribution in [-0.2, 0) is 19.4 Å². The maximum atomic E-state index is 12.8. The van der Waals surface area contributed by atoms with Crippen molar-refractivity contribution < 1.29 is 22.7 Å². The standard InChI is InChI=1S/C20H21ClN2O5S/c1-3-23(14-6-4-5-13(2)9-14)20(25)7-8-29(26,27)18-11-17-16(10-15(18)21)22-19(24)12-28-17/h4-6,9-11H,3,7-8,12H2,1-2H3,(H,22,24). The number of fused-ring (bicyclic) bond motifs is 1. The number of nitrogens with one attached hydrogen (secondary N) is 1. The Morgan fingerprint density at radius 3 is 2.72 bits per heavy atom. The molecular weight excluding hydrogens is 416 g/mol. The van der Waals surface area contributed by atoms with Gasteiger partial charge in [-0.3, -0.25) is 9.59 Å². The number of hydrogen-bond donors (Lipinski definition) is 1. The summed E-state index contributed by atoms with van der Waals surface area (Å²) < 4.78 is 30.9. The van der Waals surface area contributed by atoms with E-state index in [0.717, 1.165) is 11.3 Å². The van der Waals surface area contributed by atoms with E-state index in [-0.39, 0.29) is 46.3 Å². The van der Waals surface area contributed by atoms with Crippen LogP contribution >= 0.6 is 11.6 Å². The highest BCUT2D eigenvalue weighted by Crippen LogP contribution is 2.36. The van der Waals surface area contributed by atoms with E-state index in [4.69, 9.17) is 16.3 Å². The van der Waals surface area contributed by atoms with Crippen LogP contribution in [0.4, 0.5) is 11.4 Å². The van der Waals surface area contributed by atoms with E-state index in [9.17, 15) is 18.0 Å². The zero-order chi connectivity index (χ0) is 21.2. The summed E-state index contributed by atoms with van der Waals surface area (Å²) in [7, 11) is -3.84. The lowest BCUT2D eigenvalue weighted by Gasteiger charge is -2.22. The predicted molar refractivity (Wildman–Crippen MR) is 111 cm³/mol. The van der Waals surface area contributed by atoms with Crippen LogP contribution in [0.1, 0.15) is 18.9 Å². The fourth-order valence-corrected chi connectivity index (χ4v) is 4.91. The molecule has 0 saturated heterocycles. The number of nitrogens with zero attached hydrogens (tertiary/aromatic N) is 1. The number of hydrogen-bond acceptors (Lipinski definition) is 5. The molecule has 9 heteroatoms. The molecule has 0 bridgehead atoms.